The molecule has 12 nitrogen and oxygen atoms in total. The van der Waals surface area contributed by atoms with Crippen LogP contribution in [0.3, 0.4) is 0 Å². The largest absolute Gasteiger partial charge is 0.337 e. The van der Waals surface area contributed by atoms with Crippen LogP contribution in [0.5, 0.6) is 0 Å². The van der Waals surface area contributed by atoms with Gasteiger partial charge in [-0.3, -0.25) is 30.2 Å². The van der Waals surface area contributed by atoms with Gasteiger partial charge in [0.2, 0.25) is 11.9 Å². The van der Waals surface area contributed by atoms with Crippen LogP contribution in [0.4, 0.5) is 21.5 Å². The number of unbranched alkanes of at least 4 members (excludes halogenated alkanes) is 21. The van der Waals surface area contributed by atoms with Gasteiger partial charge in [0, 0.05) is 36.6 Å². The van der Waals surface area contributed by atoms with Gasteiger partial charge in [0.15, 0.2) is 0 Å². The second-order valence-electron chi connectivity index (χ2n) is 18.9. The lowest BCUT2D eigenvalue weighted by Gasteiger charge is -2.27. The first kappa shape index (κ1) is 52.4. The zero-order valence-corrected chi connectivity index (χ0v) is 38.9. The average Bonchev–Trinajstić information content (AvgIpc) is 3.19. The highest BCUT2D eigenvalue weighted by Crippen LogP contribution is 2.27. The number of aromatic amines is 2. The molecule has 6 N–H and O–H groups in total. The molecule has 342 valence electrons. The number of rotatable bonds is 35. The molecule has 0 radical (unpaired) electrons. The van der Waals surface area contributed by atoms with E-state index >= 15 is 0 Å². The van der Waals surface area contributed by atoms with Gasteiger partial charge in [0.05, 0.1) is 0 Å². The Morgan fingerprint density at radius 2 is 0.783 bits per heavy atom. The number of anilines is 2. The predicted octanol–water partition coefficient (Wildman–Crippen LogP) is 12.1. The molecule has 0 saturated heterocycles. The standard InChI is InChI=1S/C48H86N8O4/c1-7-9-11-13-15-17-19-21-23-25-27-31-39-35-41(57)53-43(51-39)55-45(59)49-37-47(3,4)33-29-30-34-48(5,6)38-50-46(60)56-44-52-40(36-42(58)54-44)32-28-26-24-22-20-18-16-14-12-10-8-2/h35-36H,7-34,37-38H2,1-6H3,(H3,49,51,53,55,57,59)(H3,50,52,54,56,58,60). The van der Waals surface area contributed by atoms with Crippen molar-refractivity contribution in [3.63, 3.8) is 0 Å². The van der Waals surface area contributed by atoms with E-state index in [-0.39, 0.29) is 45.9 Å². The van der Waals surface area contributed by atoms with Crippen molar-refractivity contribution in [2.24, 2.45) is 10.8 Å². The van der Waals surface area contributed by atoms with Crippen LogP contribution in [0.25, 0.3) is 0 Å². The van der Waals surface area contributed by atoms with E-state index in [2.05, 4.69) is 82.7 Å². The fourth-order valence-electron chi connectivity index (χ4n) is 7.66. The zero-order valence-electron chi connectivity index (χ0n) is 38.9. The van der Waals surface area contributed by atoms with Crippen molar-refractivity contribution >= 4 is 24.0 Å². The number of H-pyrrole nitrogens is 2. The number of urea groups is 2. The maximum Gasteiger partial charge on any atom is 0.321 e. The van der Waals surface area contributed by atoms with E-state index in [9.17, 15) is 19.2 Å². The van der Waals surface area contributed by atoms with E-state index in [1.807, 2.05) is 0 Å². The summed E-state index contributed by atoms with van der Waals surface area (Å²) < 4.78 is 0. The number of nitrogens with one attached hydrogen (secondary N) is 6. The minimum absolute atomic E-state index is 0.136. The van der Waals surface area contributed by atoms with Gasteiger partial charge < -0.3 is 10.6 Å². The van der Waals surface area contributed by atoms with Gasteiger partial charge in [-0.2, -0.15) is 0 Å². The van der Waals surface area contributed by atoms with Gasteiger partial charge in [0.25, 0.3) is 11.1 Å². The molecule has 0 aliphatic rings. The number of hydrogen-bond acceptors (Lipinski definition) is 6. The Balaban J connectivity index is 1.61. The topological polar surface area (TPSA) is 174 Å². The summed E-state index contributed by atoms with van der Waals surface area (Å²) in [7, 11) is 0. The van der Waals surface area contributed by atoms with Crippen molar-refractivity contribution < 1.29 is 9.59 Å². The van der Waals surface area contributed by atoms with Crippen molar-refractivity contribution in [1.82, 2.24) is 30.6 Å². The molecule has 2 aromatic rings. The van der Waals surface area contributed by atoms with Crippen LogP contribution >= 0.6 is 0 Å². The van der Waals surface area contributed by atoms with E-state index in [4.69, 9.17) is 0 Å². The quantitative estimate of drug-likeness (QED) is 0.0377. The Hall–Kier alpha value is -3.70. The minimum Gasteiger partial charge on any atom is -0.337 e. The first-order valence-corrected chi connectivity index (χ1v) is 24.1. The minimum atomic E-state index is -0.390. The monoisotopic (exact) mass is 839 g/mol. The molecular weight excluding hydrogens is 753 g/mol. The summed E-state index contributed by atoms with van der Waals surface area (Å²) in [6.45, 7) is 14.0. The molecule has 2 aromatic heterocycles. The molecule has 0 fully saturated rings. The number of aromatic nitrogens is 4. The van der Waals surface area contributed by atoms with E-state index in [0.29, 0.717) is 24.5 Å². The molecule has 0 aromatic carbocycles. The number of nitrogens with zero attached hydrogens (tertiary/aromatic N) is 2. The van der Waals surface area contributed by atoms with Crippen LogP contribution in [-0.2, 0) is 12.8 Å². The highest BCUT2D eigenvalue weighted by molar-refractivity contribution is 5.87. The summed E-state index contributed by atoms with van der Waals surface area (Å²) in [6, 6.07) is 2.27. The smallest absolute Gasteiger partial charge is 0.321 e. The third-order valence-electron chi connectivity index (χ3n) is 11.5. The summed E-state index contributed by atoms with van der Waals surface area (Å²) in [5.41, 5.74) is 0.605. The summed E-state index contributed by atoms with van der Waals surface area (Å²) in [6.07, 6.45) is 33.0. The van der Waals surface area contributed by atoms with Crippen LogP contribution in [-0.4, -0.2) is 45.1 Å². The highest BCUT2D eigenvalue weighted by atomic mass is 16.2. The normalized spacial score (nSPS) is 11.8. The molecule has 2 heterocycles. The van der Waals surface area contributed by atoms with Crippen molar-refractivity contribution in [2.75, 3.05) is 23.7 Å². The van der Waals surface area contributed by atoms with Gasteiger partial charge >= 0.3 is 12.1 Å². The Labute approximate surface area is 363 Å². The fourth-order valence-corrected chi connectivity index (χ4v) is 7.66. The van der Waals surface area contributed by atoms with Crippen molar-refractivity contribution in [3.8, 4) is 0 Å². The molecule has 2 rings (SSSR count). The summed E-state index contributed by atoms with van der Waals surface area (Å²) in [4.78, 5) is 64.3. The van der Waals surface area contributed by atoms with Crippen LogP contribution in [0.15, 0.2) is 21.7 Å². The summed E-state index contributed by atoms with van der Waals surface area (Å²) in [5.74, 6) is 0.349. The van der Waals surface area contributed by atoms with Crippen molar-refractivity contribution in [3.05, 3.63) is 44.2 Å². The molecule has 0 aliphatic heterocycles. The molecular formula is C48H86N8O4. The van der Waals surface area contributed by atoms with Crippen LogP contribution in [0.2, 0.25) is 0 Å². The maximum atomic E-state index is 12.8. The molecule has 0 bridgehead atoms. The van der Waals surface area contributed by atoms with Gasteiger partial charge in [-0.25, -0.2) is 19.6 Å². The molecule has 0 aliphatic carbocycles. The van der Waals surface area contributed by atoms with Crippen LogP contribution in [0.1, 0.15) is 220 Å². The van der Waals surface area contributed by atoms with Crippen LogP contribution < -0.4 is 32.4 Å². The lowest BCUT2D eigenvalue weighted by atomic mass is 9.83. The third kappa shape index (κ3) is 27.2. The number of hydrogen-bond donors (Lipinski definition) is 6. The number of aryl methyl sites for hydroxylation is 2. The van der Waals surface area contributed by atoms with E-state index in [1.54, 1.807) is 0 Å². The number of carbonyl (C=O) groups is 2. The third-order valence-corrected chi connectivity index (χ3v) is 11.5. The maximum absolute atomic E-state index is 12.8. The second kappa shape index (κ2) is 31.2. The summed E-state index contributed by atoms with van der Waals surface area (Å²) >= 11 is 0. The predicted molar refractivity (Wildman–Crippen MR) is 250 cm³/mol. The molecule has 0 saturated carbocycles. The summed E-state index contributed by atoms with van der Waals surface area (Å²) in [5, 5.41) is 11.3. The fraction of sp³-hybridized carbons (Fsp3) is 0.792. The first-order chi connectivity index (χ1) is 28.8. The average molecular weight is 839 g/mol. The van der Waals surface area contributed by atoms with Crippen molar-refractivity contribution in [1.29, 1.82) is 0 Å². The van der Waals surface area contributed by atoms with E-state index in [1.165, 1.54) is 128 Å². The molecule has 12 heteroatoms. The zero-order chi connectivity index (χ0) is 43.9. The molecule has 0 atom stereocenters. The highest BCUT2D eigenvalue weighted by Gasteiger charge is 2.22. The van der Waals surface area contributed by atoms with Gasteiger partial charge in [-0.05, 0) is 49.4 Å². The molecule has 4 amide bonds. The van der Waals surface area contributed by atoms with E-state index < -0.39 is 0 Å². The van der Waals surface area contributed by atoms with Gasteiger partial charge in [-0.1, -0.05) is 183 Å². The lowest BCUT2D eigenvalue weighted by Crippen LogP contribution is -2.38. The van der Waals surface area contributed by atoms with Gasteiger partial charge in [0.1, 0.15) is 0 Å². The Morgan fingerprint density at radius 3 is 1.10 bits per heavy atom. The first-order valence-electron chi connectivity index (χ1n) is 24.1. The Morgan fingerprint density at radius 1 is 0.483 bits per heavy atom. The Bertz CT molecular complexity index is 1450. The SMILES string of the molecule is CCCCCCCCCCCCCc1cc(=O)[nH]c(NC(=O)NCC(C)(C)CCCCC(C)(C)CNC(=O)Nc2nc(CCCCCCCCCCCCC)cc(=O)[nH]2)n1. The molecule has 60 heavy (non-hydrogen) atoms. The second-order valence-corrected chi connectivity index (χ2v) is 18.9. The van der Waals surface area contributed by atoms with Crippen LogP contribution in [0, 0.1) is 10.8 Å². The van der Waals surface area contributed by atoms with E-state index in [0.717, 1.165) is 64.2 Å². The molecule has 0 spiro atoms. The lowest BCUT2D eigenvalue weighted by molar-refractivity contribution is 0.235. The molecule has 0 unspecified atom stereocenters. The number of amides is 4. The number of carbonyl (C=O) groups excluding carboxylic acids is 2. The van der Waals surface area contributed by atoms with Crippen molar-refractivity contribution in [2.45, 2.75) is 221 Å². The Kier molecular flexibility index (Phi) is 27.3. The van der Waals surface area contributed by atoms with Gasteiger partial charge in [-0.15, -0.1) is 0 Å².